The van der Waals surface area contributed by atoms with Crippen molar-refractivity contribution in [1.29, 1.82) is 0 Å². The van der Waals surface area contributed by atoms with Crippen LogP contribution in [0.2, 0.25) is 0 Å². The lowest BCUT2D eigenvalue weighted by Gasteiger charge is -2.19. The van der Waals surface area contributed by atoms with Crippen LogP contribution in [-0.4, -0.2) is 16.3 Å². The molecule has 0 unspecified atom stereocenters. The van der Waals surface area contributed by atoms with Crippen LogP contribution in [0.15, 0.2) is 35.3 Å². The number of pyridine rings is 1. The van der Waals surface area contributed by atoms with Gasteiger partial charge in [-0.05, 0) is 50.4 Å². The van der Waals surface area contributed by atoms with E-state index in [1.807, 2.05) is 6.07 Å². The molecule has 1 aromatic heterocycles. The van der Waals surface area contributed by atoms with Crippen molar-refractivity contribution in [2.75, 3.05) is 5.32 Å². The molecule has 2 rings (SSSR count). The summed E-state index contributed by atoms with van der Waals surface area (Å²) < 4.78 is 6.70. The van der Waals surface area contributed by atoms with E-state index in [2.05, 4.69) is 5.32 Å². The molecule has 0 radical (unpaired) electrons. The van der Waals surface area contributed by atoms with Crippen LogP contribution in [0.4, 0.5) is 10.5 Å². The Labute approximate surface area is 117 Å². The van der Waals surface area contributed by atoms with Crippen molar-refractivity contribution in [2.24, 2.45) is 7.05 Å². The number of carbonyl (C=O) groups excluding carboxylic acids is 1. The van der Waals surface area contributed by atoms with Crippen LogP contribution in [0.5, 0.6) is 0 Å². The summed E-state index contributed by atoms with van der Waals surface area (Å²) in [5, 5.41) is 4.05. The van der Waals surface area contributed by atoms with Crippen LogP contribution in [0.1, 0.15) is 20.8 Å². The van der Waals surface area contributed by atoms with E-state index >= 15 is 0 Å². The predicted molar refractivity (Wildman–Crippen MR) is 79.0 cm³/mol. The molecule has 1 amide bonds. The van der Waals surface area contributed by atoms with Crippen molar-refractivity contribution < 1.29 is 9.53 Å². The fraction of sp³-hybridized carbons (Fsp3) is 0.333. The number of anilines is 1. The molecule has 0 aliphatic carbocycles. The Morgan fingerprint density at radius 1 is 1.25 bits per heavy atom. The van der Waals surface area contributed by atoms with Crippen molar-refractivity contribution in [3.05, 3.63) is 40.8 Å². The van der Waals surface area contributed by atoms with E-state index in [0.717, 1.165) is 5.39 Å². The minimum absolute atomic E-state index is 0.0636. The number of ether oxygens (including phenoxy) is 1. The fourth-order valence-corrected chi connectivity index (χ4v) is 1.84. The first kappa shape index (κ1) is 14.1. The molecule has 0 saturated carbocycles. The van der Waals surface area contributed by atoms with Gasteiger partial charge in [-0.3, -0.25) is 10.1 Å². The first-order valence-corrected chi connectivity index (χ1v) is 6.36. The molecule has 0 fully saturated rings. The summed E-state index contributed by atoms with van der Waals surface area (Å²) in [4.78, 5) is 23.6. The maximum absolute atomic E-state index is 11.9. The summed E-state index contributed by atoms with van der Waals surface area (Å²) in [6.45, 7) is 5.41. The second-order valence-corrected chi connectivity index (χ2v) is 5.66. The van der Waals surface area contributed by atoms with Crippen LogP contribution in [-0.2, 0) is 11.8 Å². The molecule has 1 N–H and O–H groups in total. The van der Waals surface area contributed by atoms with Gasteiger partial charge in [0, 0.05) is 24.3 Å². The largest absolute Gasteiger partial charge is 0.444 e. The molecular formula is C15H18N2O3. The SMILES string of the molecule is Cn1ccc2cc(NC(=O)OC(C)(C)C)ccc2c1=O. The third kappa shape index (κ3) is 3.17. The lowest BCUT2D eigenvalue weighted by molar-refractivity contribution is 0.0636. The number of aromatic nitrogens is 1. The second kappa shape index (κ2) is 5.00. The molecule has 2 aromatic rings. The number of fused-ring (bicyclic) bond motifs is 1. The summed E-state index contributed by atoms with van der Waals surface area (Å²) in [5.41, 5.74) is -0.0111. The zero-order valence-electron chi connectivity index (χ0n) is 12.1. The second-order valence-electron chi connectivity index (χ2n) is 5.66. The molecule has 0 atom stereocenters. The normalized spacial score (nSPS) is 11.4. The summed E-state index contributed by atoms with van der Waals surface area (Å²) in [6, 6.07) is 6.97. The lowest BCUT2D eigenvalue weighted by Crippen LogP contribution is -2.27. The Kier molecular flexibility index (Phi) is 3.53. The van der Waals surface area contributed by atoms with Gasteiger partial charge in [0.2, 0.25) is 0 Å². The molecule has 0 spiro atoms. The van der Waals surface area contributed by atoms with Crippen LogP contribution in [0, 0.1) is 0 Å². The molecule has 5 nitrogen and oxygen atoms in total. The third-order valence-electron chi connectivity index (χ3n) is 2.73. The monoisotopic (exact) mass is 274 g/mol. The number of benzene rings is 1. The Morgan fingerprint density at radius 2 is 1.95 bits per heavy atom. The highest BCUT2D eigenvalue weighted by Crippen LogP contribution is 2.17. The number of rotatable bonds is 1. The number of hydrogen-bond donors (Lipinski definition) is 1. The molecule has 1 aromatic carbocycles. The number of carbonyl (C=O) groups is 1. The number of aryl methyl sites for hydroxylation is 1. The van der Waals surface area contributed by atoms with Gasteiger partial charge in [-0.25, -0.2) is 4.79 Å². The standard InChI is InChI=1S/C15H18N2O3/c1-15(2,3)20-14(19)16-11-5-6-12-10(9-11)7-8-17(4)13(12)18/h5-9H,1-4H3,(H,16,19). The highest BCUT2D eigenvalue weighted by Gasteiger charge is 2.16. The molecule has 0 aliphatic rings. The van der Waals surface area contributed by atoms with Crippen LogP contribution in [0.25, 0.3) is 10.8 Å². The summed E-state index contributed by atoms with van der Waals surface area (Å²) in [6.07, 6.45) is 1.18. The molecule has 1 heterocycles. The van der Waals surface area contributed by atoms with Gasteiger partial charge in [0.25, 0.3) is 5.56 Å². The van der Waals surface area contributed by atoms with Gasteiger partial charge in [0.1, 0.15) is 5.60 Å². The number of hydrogen-bond acceptors (Lipinski definition) is 3. The van der Waals surface area contributed by atoms with Gasteiger partial charge in [0.05, 0.1) is 0 Å². The van der Waals surface area contributed by atoms with E-state index in [-0.39, 0.29) is 5.56 Å². The van der Waals surface area contributed by atoms with Crippen molar-refractivity contribution >= 4 is 22.6 Å². The van der Waals surface area contributed by atoms with Gasteiger partial charge < -0.3 is 9.30 Å². The van der Waals surface area contributed by atoms with E-state index in [4.69, 9.17) is 4.74 Å². The van der Waals surface area contributed by atoms with Crippen LogP contribution in [0.3, 0.4) is 0 Å². The van der Waals surface area contributed by atoms with E-state index in [0.29, 0.717) is 11.1 Å². The maximum atomic E-state index is 11.9. The molecule has 5 heteroatoms. The average molecular weight is 274 g/mol. The zero-order chi connectivity index (χ0) is 14.9. The van der Waals surface area contributed by atoms with E-state index in [9.17, 15) is 9.59 Å². The third-order valence-corrected chi connectivity index (χ3v) is 2.73. The number of amides is 1. The minimum atomic E-state index is -0.545. The van der Waals surface area contributed by atoms with Crippen molar-refractivity contribution in [3.8, 4) is 0 Å². The van der Waals surface area contributed by atoms with E-state index in [1.54, 1.807) is 52.2 Å². The van der Waals surface area contributed by atoms with E-state index < -0.39 is 11.7 Å². The van der Waals surface area contributed by atoms with Crippen molar-refractivity contribution in [2.45, 2.75) is 26.4 Å². The Bertz CT molecular complexity index is 711. The average Bonchev–Trinajstić information content (AvgIpc) is 2.31. The quantitative estimate of drug-likeness (QED) is 0.869. The molecule has 0 aliphatic heterocycles. The van der Waals surface area contributed by atoms with Gasteiger partial charge in [-0.15, -0.1) is 0 Å². The predicted octanol–water partition coefficient (Wildman–Crippen LogP) is 2.89. The minimum Gasteiger partial charge on any atom is -0.444 e. The summed E-state index contributed by atoms with van der Waals surface area (Å²) in [7, 11) is 1.70. The molecule has 0 saturated heterocycles. The Hall–Kier alpha value is -2.30. The van der Waals surface area contributed by atoms with Gasteiger partial charge in [-0.2, -0.15) is 0 Å². The van der Waals surface area contributed by atoms with E-state index in [1.165, 1.54) is 4.57 Å². The number of nitrogens with one attached hydrogen (secondary N) is 1. The molecule has 0 bridgehead atoms. The Morgan fingerprint density at radius 3 is 2.60 bits per heavy atom. The van der Waals surface area contributed by atoms with Crippen LogP contribution < -0.4 is 10.9 Å². The lowest BCUT2D eigenvalue weighted by atomic mass is 10.1. The van der Waals surface area contributed by atoms with Crippen molar-refractivity contribution in [1.82, 2.24) is 4.57 Å². The number of nitrogens with zero attached hydrogens (tertiary/aromatic N) is 1. The smallest absolute Gasteiger partial charge is 0.412 e. The van der Waals surface area contributed by atoms with Crippen LogP contribution >= 0.6 is 0 Å². The summed E-state index contributed by atoms with van der Waals surface area (Å²) >= 11 is 0. The zero-order valence-corrected chi connectivity index (χ0v) is 12.1. The molecular weight excluding hydrogens is 256 g/mol. The fourth-order valence-electron chi connectivity index (χ4n) is 1.84. The highest BCUT2D eigenvalue weighted by atomic mass is 16.6. The van der Waals surface area contributed by atoms with Gasteiger partial charge in [-0.1, -0.05) is 0 Å². The molecule has 106 valence electrons. The highest BCUT2D eigenvalue weighted by molar-refractivity contribution is 5.90. The van der Waals surface area contributed by atoms with Gasteiger partial charge in [0.15, 0.2) is 0 Å². The topological polar surface area (TPSA) is 60.3 Å². The maximum Gasteiger partial charge on any atom is 0.412 e. The van der Waals surface area contributed by atoms with Gasteiger partial charge >= 0.3 is 6.09 Å². The first-order valence-electron chi connectivity index (χ1n) is 6.36. The molecule has 20 heavy (non-hydrogen) atoms. The first-order chi connectivity index (χ1) is 9.26. The Balaban J connectivity index is 2.27. The summed E-state index contributed by atoms with van der Waals surface area (Å²) in [5.74, 6) is 0. The van der Waals surface area contributed by atoms with Crippen molar-refractivity contribution in [3.63, 3.8) is 0 Å².